The van der Waals surface area contributed by atoms with E-state index in [2.05, 4.69) is 12.2 Å². The van der Waals surface area contributed by atoms with Crippen LogP contribution in [0.3, 0.4) is 0 Å². The van der Waals surface area contributed by atoms with Crippen molar-refractivity contribution >= 4 is 0 Å². The van der Waals surface area contributed by atoms with E-state index in [4.69, 9.17) is 4.74 Å². The summed E-state index contributed by atoms with van der Waals surface area (Å²) in [6.07, 6.45) is 6.90. The molecule has 1 N–H and O–H groups in total. The maximum Gasteiger partial charge on any atom is 0.119 e. The molecule has 0 bridgehead atoms. The van der Waals surface area contributed by atoms with E-state index in [-0.39, 0.29) is 0 Å². The number of nitrogens with one attached hydrogen (secondary N) is 1. The summed E-state index contributed by atoms with van der Waals surface area (Å²) in [6, 6.07) is 10.6. The van der Waals surface area contributed by atoms with Gasteiger partial charge in [0.2, 0.25) is 0 Å². The van der Waals surface area contributed by atoms with E-state index < -0.39 is 0 Å². The van der Waals surface area contributed by atoms with Gasteiger partial charge in [-0.1, -0.05) is 44.4 Å². The highest BCUT2D eigenvalue weighted by atomic mass is 16.5. The van der Waals surface area contributed by atoms with Crippen molar-refractivity contribution in [3.8, 4) is 5.75 Å². The Balaban J connectivity index is 1.85. The Morgan fingerprint density at radius 1 is 1.17 bits per heavy atom. The smallest absolute Gasteiger partial charge is 0.119 e. The molecular weight excluding hydrogens is 222 g/mol. The fraction of sp³-hybridized carbons (Fsp3) is 0.625. The molecule has 0 amide bonds. The summed E-state index contributed by atoms with van der Waals surface area (Å²) in [5.74, 6) is 1.78. The molecule has 1 aliphatic rings. The topological polar surface area (TPSA) is 21.3 Å². The summed E-state index contributed by atoms with van der Waals surface area (Å²) in [6.45, 7) is 4.00. The first-order valence-corrected chi connectivity index (χ1v) is 7.31. The van der Waals surface area contributed by atoms with Gasteiger partial charge in [-0.3, -0.25) is 0 Å². The molecule has 2 heteroatoms. The molecule has 2 rings (SSSR count). The number of rotatable bonds is 6. The molecule has 1 fully saturated rings. The van der Waals surface area contributed by atoms with Crippen molar-refractivity contribution in [3.05, 3.63) is 30.3 Å². The van der Waals surface area contributed by atoms with Gasteiger partial charge in [-0.2, -0.15) is 0 Å². The lowest BCUT2D eigenvalue weighted by Crippen LogP contribution is -2.41. The highest BCUT2D eigenvalue weighted by Gasteiger charge is 2.23. The molecule has 0 spiro atoms. The van der Waals surface area contributed by atoms with Crippen molar-refractivity contribution in [1.82, 2.24) is 5.32 Å². The van der Waals surface area contributed by atoms with Crippen LogP contribution in [0, 0.1) is 5.92 Å². The summed E-state index contributed by atoms with van der Waals surface area (Å²) < 4.78 is 5.91. The van der Waals surface area contributed by atoms with Crippen molar-refractivity contribution in [2.24, 2.45) is 5.92 Å². The van der Waals surface area contributed by atoms with Crippen LogP contribution < -0.4 is 10.1 Å². The van der Waals surface area contributed by atoms with Gasteiger partial charge < -0.3 is 10.1 Å². The van der Waals surface area contributed by atoms with E-state index in [0.717, 1.165) is 24.8 Å². The fourth-order valence-electron chi connectivity index (χ4n) is 2.86. The minimum atomic E-state index is 0.510. The predicted molar refractivity (Wildman–Crippen MR) is 76.0 cm³/mol. The molecule has 0 aliphatic heterocycles. The number of hydrogen-bond acceptors (Lipinski definition) is 2. The molecule has 100 valence electrons. The average molecular weight is 247 g/mol. The molecule has 1 aromatic carbocycles. The van der Waals surface area contributed by atoms with Gasteiger partial charge in [0.1, 0.15) is 12.4 Å². The number of ether oxygens (including phenoxy) is 1. The Bertz CT molecular complexity index is 319. The number of benzene rings is 1. The van der Waals surface area contributed by atoms with Gasteiger partial charge in [0.05, 0.1) is 0 Å². The van der Waals surface area contributed by atoms with Gasteiger partial charge in [0.25, 0.3) is 0 Å². The van der Waals surface area contributed by atoms with E-state index in [1.807, 2.05) is 30.3 Å². The van der Waals surface area contributed by atoms with Crippen LogP contribution in [0.1, 0.15) is 39.0 Å². The standard InChI is InChI=1S/C16H25NO/c1-2-17-16(14-9-5-3-6-10-14)13-18-15-11-7-4-8-12-15/h4,7-8,11-12,14,16-17H,2-3,5-6,9-10,13H2,1H3. The normalized spacial score (nSPS) is 18.5. The highest BCUT2D eigenvalue weighted by molar-refractivity contribution is 5.20. The van der Waals surface area contributed by atoms with E-state index >= 15 is 0 Å². The minimum absolute atomic E-state index is 0.510. The van der Waals surface area contributed by atoms with Crippen molar-refractivity contribution in [1.29, 1.82) is 0 Å². The summed E-state index contributed by atoms with van der Waals surface area (Å²) in [4.78, 5) is 0. The maximum absolute atomic E-state index is 5.91. The molecule has 1 aliphatic carbocycles. The maximum atomic E-state index is 5.91. The van der Waals surface area contributed by atoms with E-state index in [1.165, 1.54) is 32.1 Å². The van der Waals surface area contributed by atoms with E-state index in [9.17, 15) is 0 Å². The third-order valence-corrected chi connectivity index (χ3v) is 3.86. The number of likely N-dealkylation sites (N-methyl/N-ethyl adjacent to an activating group) is 1. The molecule has 0 radical (unpaired) electrons. The van der Waals surface area contributed by atoms with Crippen molar-refractivity contribution in [2.75, 3.05) is 13.2 Å². The van der Waals surface area contributed by atoms with Crippen molar-refractivity contribution < 1.29 is 4.74 Å². The minimum Gasteiger partial charge on any atom is -0.492 e. The van der Waals surface area contributed by atoms with Crippen LogP contribution in [0.4, 0.5) is 0 Å². The molecular formula is C16H25NO. The molecule has 1 atom stereocenters. The molecule has 1 aromatic rings. The summed E-state index contributed by atoms with van der Waals surface area (Å²) in [5.41, 5.74) is 0. The third kappa shape index (κ3) is 4.02. The van der Waals surface area contributed by atoms with Crippen LogP contribution in [0.2, 0.25) is 0 Å². The van der Waals surface area contributed by atoms with Crippen molar-refractivity contribution in [3.63, 3.8) is 0 Å². The first-order valence-electron chi connectivity index (χ1n) is 7.31. The molecule has 1 saturated carbocycles. The molecule has 1 unspecified atom stereocenters. The zero-order valence-electron chi connectivity index (χ0n) is 11.4. The predicted octanol–water partition coefficient (Wildman–Crippen LogP) is 3.62. The Morgan fingerprint density at radius 3 is 2.56 bits per heavy atom. The Hall–Kier alpha value is -1.02. The van der Waals surface area contributed by atoms with Crippen LogP contribution in [-0.4, -0.2) is 19.2 Å². The van der Waals surface area contributed by atoms with Gasteiger partial charge in [-0.25, -0.2) is 0 Å². The number of hydrogen-bond donors (Lipinski definition) is 1. The lowest BCUT2D eigenvalue weighted by Gasteiger charge is -2.30. The Labute approximate surface area is 111 Å². The van der Waals surface area contributed by atoms with Crippen molar-refractivity contribution in [2.45, 2.75) is 45.1 Å². The SMILES string of the molecule is CCNC(COc1ccccc1)C1CCCCC1. The van der Waals surface area contributed by atoms with Gasteiger partial charge in [-0.15, -0.1) is 0 Å². The quantitative estimate of drug-likeness (QED) is 0.829. The first kappa shape index (κ1) is 13.4. The largest absolute Gasteiger partial charge is 0.492 e. The van der Waals surface area contributed by atoms with Crippen LogP contribution >= 0.6 is 0 Å². The van der Waals surface area contributed by atoms with Crippen LogP contribution in [0.25, 0.3) is 0 Å². The first-order chi connectivity index (χ1) is 8.90. The summed E-state index contributed by atoms with van der Waals surface area (Å²) in [7, 11) is 0. The van der Waals surface area contributed by atoms with Crippen LogP contribution in [-0.2, 0) is 0 Å². The lowest BCUT2D eigenvalue weighted by atomic mass is 9.84. The Kier molecular flexibility index (Phi) is 5.53. The second kappa shape index (κ2) is 7.42. The second-order valence-corrected chi connectivity index (χ2v) is 5.19. The zero-order chi connectivity index (χ0) is 12.6. The summed E-state index contributed by atoms with van der Waals surface area (Å²) in [5, 5.41) is 3.60. The Morgan fingerprint density at radius 2 is 1.89 bits per heavy atom. The fourth-order valence-corrected chi connectivity index (χ4v) is 2.86. The van der Waals surface area contributed by atoms with Crippen LogP contribution in [0.15, 0.2) is 30.3 Å². The highest BCUT2D eigenvalue weighted by Crippen LogP contribution is 2.27. The molecule has 0 heterocycles. The lowest BCUT2D eigenvalue weighted by molar-refractivity contribution is 0.187. The van der Waals surface area contributed by atoms with E-state index in [0.29, 0.717) is 6.04 Å². The average Bonchev–Trinajstić information content (AvgIpc) is 2.45. The molecule has 0 aromatic heterocycles. The monoisotopic (exact) mass is 247 g/mol. The second-order valence-electron chi connectivity index (χ2n) is 5.19. The zero-order valence-corrected chi connectivity index (χ0v) is 11.4. The molecule has 0 saturated heterocycles. The third-order valence-electron chi connectivity index (χ3n) is 3.86. The molecule has 18 heavy (non-hydrogen) atoms. The summed E-state index contributed by atoms with van der Waals surface area (Å²) >= 11 is 0. The van der Waals surface area contributed by atoms with Crippen LogP contribution in [0.5, 0.6) is 5.75 Å². The van der Waals surface area contributed by atoms with Gasteiger partial charge in [-0.05, 0) is 37.4 Å². The van der Waals surface area contributed by atoms with Gasteiger partial charge in [0, 0.05) is 6.04 Å². The van der Waals surface area contributed by atoms with E-state index in [1.54, 1.807) is 0 Å². The molecule has 2 nitrogen and oxygen atoms in total. The van der Waals surface area contributed by atoms with Gasteiger partial charge in [0.15, 0.2) is 0 Å². The van der Waals surface area contributed by atoms with Gasteiger partial charge >= 0.3 is 0 Å². The number of para-hydroxylation sites is 1.